The summed E-state index contributed by atoms with van der Waals surface area (Å²) in [4.78, 5) is 21.1. The summed E-state index contributed by atoms with van der Waals surface area (Å²) in [5.74, 6) is 0.635. The Kier molecular flexibility index (Phi) is 7.68. The predicted molar refractivity (Wildman–Crippen MR) is 149 cm³/mol. The van der Waals surface area contributed by atoms with E-state index in [1.54, 1.807) is 6.07 Å². The molecule has 0 fully saturated rings. The van der Waals surface area contributed by atoms with Gasteiger partial charge in [-0.15, -0.1) is 0 Å². The number of aryl methyl sites for hydroxylation is 2. The largest absolute Gasteiger partial charge is 0.481 e. The minimum absolute atomic E-state index is 0.0887. The van der Waals surface area contributed by atoms with Gasteiger partial charge in [0, 0.05) is 25.1 Å². The molecule has 1 aliphatic carbocycles. The van der Waals surface area contributed by atoms with Crippen molar-refractivity contribution in [1.82, 2.24) is 14.5 Å². The lowest BCUT2D eigenvalue weighted by molar-refractivity contribution is -0.137. The summed E-state index contributed by atoms with van der Waals surface area (Å²) in [6, 6.07) is 16.2. The number of hydrogen-bond acceptors (Lipinski definition) is 4. The number of anilines is 1. The van der Waals surface area contributed by atoms with Gasteiger partial charge in [0.05, 0.1) is 21.5 Å². The summed E-state index contributed by atoms with van der Waals surface area (Å²) in [5, 5.41) is 14.8. The summed E-state index contributed by atoms with van der Waals surface area (Å²) in [6.07, 6.45) is 5.35. The quantitative estimate of drug-likeness (QED) is 0.235. The molecule has 4 aromatic rings. The third kappa shape index (κ3) is 5.46. The van der Waals surface area contributed by atoms with E-state index in [1.165, 1.54) is 16.8 Å². The number of nitrogens with one attached hydrogen (secondary N) is 1. The van der Waals surface area contributed by atoms with E-state index < -0.39 is 5.97 Å². The van der Waals surface area contributed by atoms with Crippen LogP contribution in [0.1, 0.15) is 66.9 Å². The molecule has 2 N–H and O–H groups in total. The standard InChI is InChI=1S/C29H30Cl2N4O2/c1-18(20-8-3-2-4-9-20)35-24-11-6-5-10-21(24)27-28(32-17-19-14-15-22(30)23(31)16-19)33-25(34-29(27)35)12-7-13-26(36)37/h2-4,8-9,14-16,18H,5-7,10-13,17H2,1H3,(H,36,37)(H,32,33,34). The van der Waals surface area contributed by atoms with Crippen molar-refractivity contribution in [2.45, 2.75) is 64.5 Å². The van der Waals surface area contributed by atoms with Gasteiger partial charge in [-0.1, -0.05) is 59.6 Å². The molecule has 192 valence electrons. The summed E-state index contributed by atoms with van der Waals surface area (Å²) < 4.78 is 2.38. The van der Waals surface area contributed by atoms with Crippen LogP contribution in [0, 0.1) is 0 Å². The highest BCUT2D eigenvalue weighted by molar-refractivity contribution is 6.42. The molecule has 6 nitrogen and oxygen atoms in total. The molecule has 37 heavy (non-hydrogen) atoms. The van der Waals surface area contributed by atoms with Gasteiger partial charge in [0.15, 0.2) is 0 Å². The SMILES string of the molecule is CC(c1ccccc1)n1c2c(c3c(NCc4ccc(Cl)c(Cl)c4)nc(CCCC(=O)O)nc31)CCCC2. The number of aromatic nitrogens is 3. The molecule has 0 saturated carbocycles. The second kappa shape index (κ2) is 11.1. The fourth-order valence-corrected chi connectivity index (χ4v) is 5.59. The Hall–Kier alpha value is -3.09. The number of halogens is 2. The molecule has 8 heteroatoms. The molecule has 0 bridgehead atoms. The molecular weight excluding hydrogens is 507 g/mol. The number of rotatable bonds is 9. The minimum atomic E-state index is -0.810. The highest BCUT2D eigenvalue weighted by atomic mass is 35.5. The zero-order chi connectivity index (χ0) is 25.9. The normalized spacial score (nSPS) is 13.9. The number of carbonyl (C=O) groups is 1. The fourth-order valence-electron chi connectivity index (χ4n) is 5.27. The Morgan fingerprint density at radius 1 is 1.08 bits per heavy atom. The maximum Gasteiger partial charge on any atom is 0.303 e. The number of carboxylic acids is 1. The van der Waals surface area contributed by atoms with E-state index in [0.29, 0.717) is 35.3 Å². The first-order valence-electron chi connectivity index (χ1n) is 12.8. The zero-order valence-corrected chi connectivity index (χ0v) is 22.3. The van der Waals surface area contributed by atoms with Crippen molar-refractivity contribution in [3.63, 3.8) is 0 Å². The van der Waals surface area contributed by atoms with Gasteiger partial charge in [0.1, 0.15) is 17.3 Å². The third-order valence-electron chi connectivity index (χ3n) is 7.10. The maximum absolute atomic E-state index is 11.1. The lowest BCUT2D eigenvalue weighted by atomic mass is 9.95. The predicted octanol–water partition coefficient (Wildman–Crippen LogP) is 7.25. The molecule has 0 aliphatic heterocycles. The van der Waals surface area contributed by atoms with Crippen LogP contribution in [-0.2, 0) is 30.6 Å². The molecule has 2 heterocycles. The molecule has 0 amide bonds. The first-order valence-corrected chi connectivity index (χ1v) is 13.5. The summed E-state index contributed by atoms with van der Waals surface area (Å²) >= 11 is 12.4. The number of fused-ring (bicyclic) bond motifs is 3. The van der Waals surface area contributed by atoms with Gasteiger partial charge >= 0.3 is 5.97 Å². The van der Waals surface area contributed by atoms with Crippen LogP contribution in [0.4, 0.5) is 5.82 Å². The molecule has 0 radical (unpaired) electrons. The molecule has 2 aromatic heterocycles. The van der Waals surface area contributed by atoms with Crippen LogP contribution in [0.3, 0.4) is 0 Å². The van der Waals surface area contributed by atoms with Gasteiger partial charge in [-0.25, -0.2) is 9.97 Å². The molecule has 1 aliphatic rings. The van der Waals surface area contributed by atoms with Crippen LogP contribution in [0.15, 0.2) is 48.5 Å². The van der Waals surface area contributed by atoms with E-state index in [-0.39, 0.29) is 12.5 Å². The highest BCUT2D eigenvalue weighted by Gasteiger charge is 2.27. The van der Waals surface area contributed by atoms with Crippen molar-refractivity contribution in [3.05, 3.63) is 86.8 Å². The summed E-state index contributed by atoms with van der Waals surface area (Å²) in [7, 11) is 0. The van der Waals surface area contributed by atoms with E-state index >= 15 is 0 Å². The van der Waals surface area contributed by atoms with Crippen molar-refractivity contribution >= 4 is 46.0 Å². The summed E-state index contributed by atoms with van der Waals surface area (Å²) in [6.45, 7) is 2.75. The van der Waals surface area contributed by atoms with Crippen molar-refractivity contribution in [2.75, 3.05) is 5.32 Å². The molecular formula is C29H30Cl2N4O2. The van der Waals surface area contributed by atoms with Crippen LogP contribution < -0.4 is 5.32 Å². The van der Waals surface area contributed by atoms with Gasteiger partial charge in [0.2, 0.25) is 0 Å². The Bertz CT molecular complexity index is 1440. The number of aliphatic carboxylic acids is 1. The lowest BCUT2D eigenvalue weighted by Gasteiger charge is -2.21. The summed E-state index contributed by atoms with van der Waals surface area (Å²) in [5.41, 5.74) is 5.79. The Morgan fingerprint density at radius 2 is 1.86 bits per heavy atom. The van der Waals surface area contributed by atoms with Crippen LogP contribution in [0.2, 0.25) is 10.0 Å². The van der Waals surface area contributed by atoms with Crippen LogP contribution in [0.25, 0.3) is 11.0 Å². The molecule has 0 spiro atoms. The van der Waals surface area contributed by atoms with E-state index in [0.717, 1.165) is 48.1 Å². The monoisotopic (exact) mass is 536 g/mol. The number of hydrogen-bond donors (Lipinski definition) is 2. The van der Waals surface area contributed by atoms with Crippen molar-refractivity contribution < 1.29 is 9.90 Å². The molecule has 2 aromatic carbocycles. The molecule has 1 atom stereocenters. The number of nitrogens with zero attached hydrogens (tertiary/aromatic N) is 3. The van der Waals surface area contributed by atoms with E-state index in [2.05, 4.69) is 41.1 Å². The van der Waals surface area contributed by atoms with Gasteiger partial charge in [-0.2, -0.15) is 0 Å². The molecule has 0 saturated heterocycles. The van der Waals surface area contributed by atoms with E-state index in [4.69, 9.17) is 38.3 Å². The Morgan fingerprint density at radius 3 is 2.62 bits per heavy atom. The second-order valence-corrected chi connectivity index (χ2v) is 10.4. The average Bonchev–Trinajstić information content (AvgIpc) is 3.23. The Labute approximate surface area is 226 Å². The number of benzene rings is 2. The van der Waals surface area contributed by atoms with E-state index in [9.17, 15) is 4.79 Å². The van der Waals surface area contributed by atoms with Gasteiger partial charge < -0.3 is 15.0 Å². The lowest BCUT2D eigenvalue weighted by Crippen LogP contribution is -2.14. The average molecular weight is 537 g/mol. The van der Waals surface area contributed by atoms with Crippen LogP contribution in [0.5, 0.6) is 0 Å². The zero-order valence-electron chi connectivity index (χ0n) is 20.8. The van der Waals surface area contributed by atoms with Gasteiger partial charge in [0.25, 0.3) is 0 Å². The van der Waals surface area contributed by atoms with Crippen molar-refractivity contribution in [1.29, 1.82) is 0 Å². The third-order valence-corrected chi connectivity index (χ3v) is 7.84. The highest BCUT2D eigenvalue weighted by Crippen LogP contribution is 2.38. The second-order valence-electron chi connectivity index (χ2n) is 9.63. The molecule has 1 unspecified atom stereocenters. The van der Waals surface area contributed by atoms with Crippen LogP contribution >= 0.6 is 23.2 Å². The maximum atomic E-state index is 11.1. The van der Waals surface area contributed by atoms with Gasteiger partial charge in [-0.05, 0) is 67.9 Å². The first kappa shape index (κ1) is 25.6. The Balaban J connectivity index is 1.62. The minimum Gasteiger partial charge on any atom is -0.481 e. The van der Waals surface area contributed by atoms with E-state index in [1.807, 2.05) is 18.2 Å². The molecule has 5 rings (SSSR count). The smallest absolute Gasteiger partial charge is 0.303 e. The van der Waals surface area contributed by atoms with Crippen molar-refractivity contribution in [3.8, 4) is 0 Å². The first-order chi connectivity index (χ1) is 17.9. The topological polar surface area (TPSA) is 80.0 Å². The van der Waals surface area contributed by atoms with Gasteiger partial charge in [-0.3, -0.25) is 4.79 Å². The number of carboxylic acid groups (broad SMARTS) is 1. The fraction of sp³-hybridized carbons (Fsp3) is 0.345. The van der Waals surface area contributed by atoms with Crippen molar-refractivity contribution in [2.24, 2.45) is 0 Å². The van der Waals surface area contributed by atoms with Crippen LogP contribution in [-0.4, -0.2) is 25.6 Å².